The monoisotopic (exact) mass is 617 g/mol. The molecule has 6 unspecified atom stereocenters. The molecule has 3 saturated carbocycles. The van der Waals surface area contributed by atoms with Crippen molar-refractivity contribution >= 4 is 11.6 Å². The van der Waals surface area contributed by atoms with E-state index in [4.69, 9.17) is 10.7 Å². The molecule has 0 aromatic heterocycles. The highest BCUT2D eigenvalue weighted by molar-refractivity contribution is 5.88. The van der Waals surface area contributed by atoms with Crippen molar-refractivity contribution in [2.75, 3.05) is 19.6 Å². The maximum Gasteiger partial charge on any atom is 0.222 e. The van der Waals surface area contributed by atoms with Gasteiger partial charge in [0.05, 0.1) is 12.6 Å². The van der Waals surface area contributed by atoms with Crippen molar-refractivity contribution < 1.29 is 9.90 Å². The van der Waals surface area contributed by atoms with Gasteiger partial charge in [-0.15, -0.1) is 0 Å². The number of nitrogens with two attached hydrogens (primary N) is 1. The highest BCUT2D eigenvalue weighted by Gasteiger charge is 2.38. The highest BCUT2D eigenvalue weighted by Crippen LogP contribution is 2.43. The molecule has 1 aliphatic heterocycles. The number of rotatable bonds is 14. The lowest BCUT2D eigenvalue weighted by Gasteiger charge is -2.38. The van der Waals surface area contributed by atoms with E-state index in [2.05, 4.69) is 38.7 Å². The van der Waals surface area contributed by atoms with E-state index in [1.54, 1.807) is 5.57 Å². The largest absolute Gasteiger partial charge is 0.391 e. The minimum absolute atomic E-state index is 0.176. The van der Waals surface area contributed by atoms with Gasteiger partial charge in [0.2, 0.25) is 5.91 Å². The number of aliphatic hydroxyl groups excluding tert-OH is 1. The van der Waals surface area contributed by atoms with Crippen LogP contribution >= 0.6 is 0 Å². The number of allylic oxidation sites excluding steroid dienone is 6. The smallest absolute Gasteiger partial charge is 0.222 e. The first-order valence-electron chi connectivity index (χ1n) is 18.7. The van der Waals surface area contributed by atoms with Crippen LogP contribution in [0.15, 0.2) is 52.1 Å². The van der Waals surface area contributed by atoms with Crippen LogP contribution in [0.4, 0.5) is 0 Å². The minimum atomic E-state index is -0.511. The first kappa shape index (κ1) is 34.4. The second-order valence-electron chi connectivity index (χ2n) is 15.4. The molecule has 6 atom stereocenters. The zero-order chi connectivity index (χ0) is 31.8. The van der Waals surface area contributed by atoms with E-state index in [1.807, 2.05) is 4.90 Å². The topological polar surface area (TPSA) is 78.9 Å². The fourth-order valence-corrected chi connectivity index (χ4v) is 8.94. The number of carbonyl (C=O) groups excluding carboxylic acids is 1. The lowest BCUT2D eigenvalue weighted by Crippen LogP contribution is -2.44. The number of aliphatic hydroxyl groups is 1. The van der Waals surface area contributed by atoms with Crippen molar-refractivity contribution in [1.29, 1.82) is 0 Å². The van der Waals surface area contributed by atoms with Crippen LogP contribution in [0, 0.1) is 29.6 Å². The quantitative estimate of drug-likeness (QED) is 0.152. The van der Waals surface area contributed by atoms with Gasteiger partial charge in [-0.25, -0.2) is 0 Å². The first-order chi connectivity index (χ1) is 21.8. The molecule has 5 rings (SSSR count). The molecular weight excluding hydrogens is 554 g/mol. The minimum Gasteiger partial charge on any atom is -0.391 e. The van der Waals surface area contributed by atoms with E-state index < -0.39 is 6.10 Å². The van der Waals surface area contributed by atoms with Crippen molar-refractivity contribution in [1.82, 2.24) is 4.90 Å². The fraction of sp³-hybridized carbons (Fsp3) is 0.750. The standard InChI is InChI=1S/C40H63N3O2/c1-28(10-6-12-29(2)31-18-19-31)27-42-38-26-34(40(45)37(41)16-8-24-43-25-9-17-39(43)44)22-23-36(38)33-14-7-13-32(20-21-33)35-15-5-4-11-30(35)3/h4,10-11,31-34,36-37,40,45H,2,5-9,12-27,41H2,1,3H3. The van der Waals surface area contributed by atoms with Gasteiger partial charge in [-0.05, 0) is 146 Å². The number of nitrogens with zero attached hydrogens (tertiary/aromatic N) is 2. The maximum absolute atomic E-state index is 12.0. The van der Waals surface area contributed by atoms with Crippen LogP contribution in [0.2, 0.25) is 0 Å². The zero-order valence-electron chi connectivity index (χ0n) is 28.7. The summed E-state index contributed by atoms with van der Waals surface area (Å²) in [4.78, 5) is 19.3. The number of carbonyl (C=O) groups is 1. The average molecular weight is 618 g/mol. The first-order valence-corrected chi connectivity index (χ1v) is 18.7. The van der Waals surface area contributed by atoms with E-state index in [9.17, 15) is 9.90 Å². The number of likely N-dealkylation sites (tertiary alicyclic amines) is 1. The number of hydrogen-bond donors (Lipinski definition) is 2. The second-order valence-corrected chi connectivity index (χ2v) is 15.4. The van der Waals surface area contributed by atoms with Crippen LogP contribution in [0.25, 0.3) is 0 Å². The van der Waals surface area contributed by atoms with E-state index in [0.717, 1.165) is 82.8 Å². The summed E-state index contributed by atoms with van der Waals surface area (Å²) in [5.41, 5.74) is 14.0. The molecule has 0 spiro atoms. The molecule has 45 heavy (non-hydrogen) atoms. The van der Waals surface area contributed by atoms with E-state index in [-0.39, 0.29) is 17.9 Å². The lowest BCUT2D eigenvalue weighted by atomic mass is 9.69. The van der Waals surface area contributed by atoms with Crippen molar-refractivity contribution in [3.63, 3.8) is 0 Å². The van der Waals surface area contributed by atoms with E-state index >= 15 is 0 Å². The van der Waals surface area contributed by atoms with Crippen LogP contribution in [-0.2, 0) is 4.79 Å². The second kappa shape index (κ2) is 16.7. The predicted molar refractivity (Wildman–Crippen MR) is 188 cm³/mol. The lowest BCUT2D eigenvalue weighted by molar-refractivity contribution is -0.127. The number of amides is 1. The average Bonchev–Trinajstić information content (AvgIpc) is 3.85. The molecule has 0 bridgehead atoms. The van der Waals surface area contributed by atoms with Gasteiger partial charge in [0, 0.05) is 31.3 Å². The maximum atomic E-state index is 12.0. The third kappa shape index (κ3) is 9.76. The summed E-state index contributed by atoms with van der Waals surface area (Å²) >= 11 is 0. The summed E-state index contributed by atoms with van der Waals surface area (Å²) in [5, 5.41) is 11.5. The summed E-state index contributed by atoms with van der Waals surface area (Å²) in [6, 6.07) is -0.244. The molecular formula is C40H63N3O2. The Kier molecular flexibility index (Phi) is 12.8. The molecule has 0 aromatic carbocycles. The fourth-order valence-electron chi connectivity index (χ4n) is 8.94. The van der Waals surface area contributed by atoms with Crippen molar-refractivity contribution in [3.8, 4) is 0 Å². The Morgan fingerprint density at radius 1 is 1.13 bits per heavy atom. The predicted octanol–water partition coefficient (Wildman–Crippen LogP) is 8.49. The molecule has 5 nitrogen and oxygen atoms in total. The van der Waals surface area contributed by atoms with Gasteiger partial charge >= 0.3 is 0 Å². The Hall–Kier alpha value is -1.98. The van der Waals surface area contributed by atoms with E-state index in [1.165, 1.54) is 80.2 Å². The number of hydrogen-bond acceptors (Lipinski definition) is 4. The van der Waals surface area contributed by atoms with Crippen molar-refractivity contribution in [2.24, 2.45) is 40.3 Å². The number of aliphatic imine (C=N–C) groups is 1. The summed E-state index contributed by atoms with van der Waals surface area (Å²) in [5.74, 6) is 3.22. The normalized spacial score (nSPS) is 30.6. The van der Waals surface area contributed by atoms with Crippen LogP contribution in [-0.4, -0.2) is 53.4 Å². The Bertz CT molecular complexity index is 1140. The van der Waals surface area contributed by atoms with E-state index in [0.29, 0.717) is 18.3 Å². The van der Waals surface area contributed by atoms with Gasteiger partial charge in [0.25, 0.3) is 0 Å². The molecule has 1 heterocycles. The van der Waals surface area contributed by atoms with Gasteiger partial charge < -0.3 is 15.7 Å². The summed E-state index contributed by atoms with van der Waals surface area (Å²) < 4.78 is 0. The molecule has 1 saturated heterocycles. The van der Waals surface area contributed by atoms with Crippen molar-refractivity contribution in [2.45, 2.75) is 142 Å². The molecule has 4 aliphatic carbocycles. The van der Waals surface area contributed by atoms with Gasteiger partial charge in [0.15, 0.2) is 0 Å². The Morgan fingerprint density at radius 3 is 2.73 bits per heavy atom. The van der Waals surface area contributed by atoms with Crippen LogP contribution < -0.4 is 5.73 Å². The molecule has 250 valence electrons. The third-order valence-corrected chi connectivity index (χ3v) is 12.0. The summed E-state index contributed by atoms with van der Waals surface area (Å²) in [6.07, 6.45) is 26.8. The van der Waals surface area contributed by atoms with Crippen LogP contribution in [0.5, 0.6) is 0 Å². The SMILES string of the molecule is C=C(CCC=C(C)CN=C1CC(C(O)C(N)CCCN2CCCC2=O)CCC1C1CCCC(C2=C(C)C=CCC2)CC1)C1CC1. The Morgan fingerprint density at radius 2 is 1.98 bits per heavy atom. The molecule has 3 N–H and O–H groups in total. The van der Waals surface area contributed by atoms with Gasteiger partial charge in [-0.3, -0.25) is 9.79 Å². The van der Waals surface area contributed by atoms with Crippen LogP contribution in [0.1, 0.15) is 129 Å². The molecule has 5 heteroatoms. The van der Waals surface area contributed by atoms with Crippen molar-refractivity contribution in [3.05, 3.63) is 47.1 Å². The van der Waals surface area contributed by atoms with Gasteiger partial charge in [-0.1, -0.05) is 53.5 Å². The summed E-state index contributed by atoms with van der Waals surface area (Å²) in [7, 11) is 0. The molecule has 1 amide bonds. The molecule has 0 aromatic rings. The third-order valence-electron chi connectivity index (χ3n) is 12.0. The molecule has 0 radical (unpaired) electrons. The Labute approximate surface area is 274 Å². The van der Waals surface area contributed by atoms with Crippen LogP contribution in [0.3, 0.4) is 0 Å². The zero-order valence-corrected chi connectivity index (χ0v) is 28.7. The highest BCUT2D eigenvalue weighted by atomic mass is 16.3. The molecule has 4 fully saturated rings. The Balaban J connectivity index is 1.21. The molecule has 5 aliphatic rings. The summed E-state index contributed by atoms with van der Waals surface area (Å²) in [6.45, 7) is 11.3. The van der Waals surface area contributed by atoms with Gasteiger partial charge in [0.1, 0.15) is 0 Å². The van der Waals surface area contributed by atoms with Gasteiger partial charge in [-0.2, -0.15) is 0 Å².